The molecule has 0 radical (unpaired) electrons. The fourth-order valence-electron chi connectivity index (χ4n) is 7.57. The number of anilines is 1. The maximum absolute atomic E-state index is 13.2. The van der Waals surface area contributed by atoms with Gasteiger partial charge in [-0.2, -0.15) is 0 Å². The molecule has 6 nitrogen and oxygen atoms in total. The Hall–Kier alpha value is -2.05. The van der Waals surface area contributed by atoms with E-state index in [2.05, 4.69) is 11.0 Å². The predicted molar refractivity (Wildman–Crippen MR) is 96.7 cm³/mol. The number of amides is 1. The molecule has 1 spiro atoms. The first-order valence-electron chi connectivity index (χ1n) is 10.0. The van der Waals surface area contributed by atoms with Gasteiger partial charge < -0.3 is 19.8 Å². The van der Waals surface area contributed by atoms with E-state index in [0.29, 0.717) is 30.9 Å². The minimum atomic E-state index is -0.157. The van der Waals surface area contributed by atoms with Crippen LogP contribution in [-0.4, -0.2) is 58.9 Å². The number of aromatic hydroxyl groups is 2. The first-order valence-corrected chi connectivity index (χ1v) is 10.0. The summed E-state index contributed by atoms with van der Waals surface area (Å²) in [6.45, 7) is 2.63. The van der Waals surface area contributed by atoms with Crippen molar-refractivity contribution in [2.24, 2.45) is 11.8 Å². The van der Waals surface area contributed by atoms with Crippen LogP contribution in [-0.2, 0) is 14.9 Å². The van der Waals surface area contributed by atoms with Crippen molar-refractivity contribution in [3.05, 3.63) is 29.3 Å². The van der Waals surface area contributed by atoms with E-state index in [-0.39, 0.29) is 35.0 Å². The van der Waals surface area contributed by atoms with Gasteiger partial charge in [-0.3, -0.25) is 9.69 Å². The molecule has 1 aromatic carbocycles. The summed E-state index contributed by atoms with van der Waals surface area (Å²) < 4.78 is 6.20. The van der Waals surface area contributed by atoms with Crippen molar-refractivity contribution >= 4 is 11.6 Å². The summed E-state index contributed by atoms with van der Waals surface area (Å²) in [6, 6.07) is 3.79. The molecule has 4 fully saturated rings. The van der Waals surface area contributed by atoms with Gasteiger partial charge in [0.1, 0.15) is 0 Å². The van der Waals surface area contributed by atoms with E-state index in [1.807, 2.05) is 4.90 Å². The fraction of sp³-hybridized carbons (Fsp3) is 0.571. The van der Waals surface area contributed by atoms with Crippen LogP contribution in [0.2, 0.25) is 0 Å². The van der Waals surface area contributed by atoms with Gasteiger partial charge in [0.05, 0.1) is 30.9 Å². The van der Waals surface area contributed by atoms with Crippen LogP contribution in [0.15, 0.2) is 23.8 Å². The van der Waals surface area contributed by atoms with Crippen LogP contribution >= 0.6 is 0 Å². The lowest BCUT2D eigenvalue weighted by molar-refractivity contribution is -0.132. The first-order chi connectivity index (χ1) is 13.1. The third kappa shape index (κ3) is 1.49. The number of fused-ring (bicyclic) bond motifs is 2. The molecule has 140 valence electrons. The predicted octanol–water partition coefficient (Wildman–Crippen LogP) is 1.50. The Morgan fingerprint density at radius 1 is 1.22 bits per heavy atom. The number of benzene rings is 1. The zero-order valence-corrected chi connectivity index (χ0v) is 15.0. The molecule has 5 aliphatic heterocycles. The number of nitrogens with zero attached hydrogens (tertiary/aromatic N) is 2. The van der Waals surface area contributed by atoms with E-state index in [1.54, 1.807) is 12.1 Å². The SMILES string of the molecule is O=C1C[C@@H]2OCC=C3CN4CC[C@]56c7cc(O)c(O)cc7N1[C@H]5[C@H]2[C@H]3C[C@H]46. The summed E-state index contributed by atoms with van der Waals surface area (Å²) in [7, 11) is 0. The lowest BCUT2D eigenvalue weighted by Gasteiger charge is -2.58. The molecule has 6 atom stereocenters. The van der Waals surface area contributed by atoms with Crippen LogP contribution in [0, 0.1) is 11.8 Å². The van der Waals surface area contributed by atoms with Gasteiger partial charge >= 0.3 is 0 Å². The zero-order valence-electron chi connectivity index (χ0n) is 15.0. The molecular formula is C21H22N2O4. The van der Waals surface area contributed by atoms with Gasteiger partial charge in [-0.15, -0.1) is 0 Å². The fourth-order valence-corrected chi connectivity index (χ4v) is 7.57. The van der Waals surface area contributed by atoms with Crippen molar-refractivity contribution in [2.75, 3.05) is 24.6 Å². The lowest BCUT2D eigenvalue weighted by Crippen LogP contribution is -2.69. The number of phenols is 2. The van der Waals surface area contributed by atoms with Crippen molar-refractivity contribution in [3.8, 4) is 11.5 Å². The molecule has 0 aromatic heterocycles. The van der Waals surface area contributed by atoms with Gasteiger partial charge in [0.2, 0.25) is 5.91 Å². The van der Waals surface area contributed by atoms with E-state index < -0.39 is 0 Å². The third-order valence-corrected chi connectivity index (χ3v) is 8.41. The van der Waals surface area contributed by atoms with Gasteiger partial charge in [-0.25, -0.2) is 0 Å². The van der Waals surface area contributed by atoms with Crippen molar-refractivity contribution in [1.29, 1.82) is 0 Å². The number of carbonyl (C=O) groups excluding carboxylic acids is 1. The van der Waals surface area contributed by atoms with E-state index >= 15 is 0 Å². The standard InChI is InChI=1S/C21H22N2O4/c24-14-6-12-13(7-15(14)25)23-18(26)8-16-19-11-5-17-21(12,20(19)23)2-3-22(17)9-10(11)1-4-27-16/h1,6-7,11,16-17,19-20,24-25H,2-5,8-9H2/t11-,16-,17-,19-,20-,21+/m0/s1. The molecule has 0 unspecified atom stereocenters. The maximum Gasteiger partial charge on any atom is 0.229 e. The Morgan fingerprint density at radius 2 is 2.07 bits per heavy atom. The third-order valence-electron chi connectivity index (χ3n) is 8.41. The summed E-state index contributed by atoms with van der Waals surface area (Å²) >= 11 is 0. The summed E-state index contributed by atoms with van der Waals surface area (Å²) in [6.07, 6.45) is 4.74. The first kappa shape index (κ1) is 14.9. The molecule has 27 heavy (non-hydrogen) atoms. The molecule has 5 heterocycles. The number of rotatable bonds is 0. The average molecular weight is 366 g/mol. The number of ether oxygens (including phenoxy) is 1. The minimum absolute atomic E-state index is 0.0287. The second kappa shape index (κ2) is 4.50. The van der Waals surface area contributed by atoms with Gasteiger partial charge in [-0.1, -0.05) is 11.6 Å². The van der Waals surface area contributed by atoms with E-state index in [0.717, 1.165) is 37.2 Å². The summed E-state index contributed by atoms with van der Waals surface area (Å²) in [5.74, 6) is 0.633. The molecule has 6 aliphatic rings. The van der Waals surface area contributed by atoms with Crippen molar-refractivity contribution in [2.45, 2.75) is 42.9 Å². The Bertz CT molecular complexity index is 942. The Morgan fingerprint density at radius 3 is 2.96 bits per heavy atom. The largest absolute Gasteiger partial charge is 0.504 e. The number of phenolic OH excluding ortho intramolecular Hbond substituents is 2. The lowest BCUT2D eigenvalue weighted by atomic mass is 9.53. The minimum Gasteiger partial charge on any atom is -0.504 e. The maximum atomic E-state index is 13.2. The molecule has 1 aliphatic carbocycles. The van der Waals surface area contributed by atoms with Gasteiger partial charge in [0.25, 0.3) is 0 Å². The number of hydrogen-bond donors (Lipinski definition) is 2. The highest BCUT2D eigenvalue weighted by Gasteiger charge is 2.71. The highest BCUT2D eigenvalue weighted by Crippen LogP contribution is 2.66. The van der Waals surface area contributed by atoms with Gasteiger partial charge in [0, 0.05) is 30.0 Å². The van der Waals surface area contributed by atoms with E-state index in [1.165, 1.54) is 5.57 Å². The highest BCUT2D eigenvalue weighted by atomic mass is 16.5. The molecular weight excluding hydrogens is 344 g/mol. The Kier molecular flexibility index (Phi) is 2.49. The van der Waals surface area contributed by atoms with Gasteiger partial charge in [-0.05, 0) is 36.9 Å². The Balaban J connectivity index is 1.55. The van der Waals surface area contributed by atoms with Crippen LogP contribution in [0.3, 0.4) is 0 Å². The van der Waals surface area contributed by atoms with E-state index in [4.69, 9.17) is 4.74 Å². The quantitative estimate of drug-likeness (QED) is 0.538. The highest BCUT2D eigenvalue weighted by molar-refractivity contribution is 5.99. The second-order valence-electron chi connectivity index (χ2n) is 9.12. The number of hydrogen-bond acceptors (Lipinski definition) is 5. The van der Waals surface area contributed by atoms with Crippen molar-refractivity contribution < 1.29 is 19.7 Å². The molecule has 1 amide bonds. The number of piperidine rings is 2. The second-order valence-corrected chi connectivity index (χ2v) is 9.12. The monoisotopic (exact) mass is 366 g/mol. The van der Waals surface area contributed by atoms with Crippen LogP contribution in [0.4, 0.5) is 5.69 Å². The van der Waals surface area contributed by atoms with Crippen LogP contribution in [0.5, 0.6) is 11.5 Å². The van der Waals surface area contributed by atoms with Crippen molar-refractivity contribution in [1.82, 2.24) is 4.90 Å². The summed E-state index contributed by atoms with van der Waals surface area (Å²) in [5, 5.41) is 20.5. The molecule has 1 aromatic rings. The smallest absolute Gasteiger partial charge is 0.229 e. The van der Waals surface area contributed by atoms with Crippen LogP contribution < -0.4 is 4.90 Å². The molecule has 1 saturated carbocycles. The van der Waals surface area contributed by atoms with Crippen LogP contribution in [0.1, 0.15) is 24.8 Å². The Labute approximate surface area is 157 Å². The molecule has 3 saturated heterocycles. The van der Waals surface area contributed by atoms with Gasteiger partial charge in [0.15, 0.2) is 11.5 Å². The number of carbonyl (C=O) groups is 1. The topological polar surface area (TPSA) is 73.2 Å². The molecule has 2 bridgehead atoms. The summed E-state index contributed by atoms with van der Waals surface area (Å²) in [4.78, 5) is 17.8. The van der Waals surface area contributed by atoms with Crippen molar-refractivity contribution in [3.63, 3.8) is 0 Å². The summed E-state index contributed by atoms with van der Waals surface area (Å²) in [5.41, 5.74) is 3.20. The molecule has 2 N–H and O–H groups in total. The normalized spacial score (nSPS) is 43.4. The molecule has 6 heteroatoms. The zero-order chi connectivity index (χ0) is 18.1. The molecule has 7 rings (SSSR count). The van der Waals surface area contributed by atoms with E-state index in [9.17, 15) is 15.0 Å². The average Bonchev–Trinajstić information content (AvgIpc) is 3.10. The van der Waals surface area contributed by atoms with Crippen LogP contribution in [0.25, 0.3) is 0 Å².